The second-order valence-electron chi connectivity index (χ2n) is 14.2. The van der Waals surface area contributed by atoms with Crippen molar-refractivity contribution < 1.29 is 4.40 Å². The second kappa shape index (κ2) is 12.7. The Balaban J connectivity index is 1.37. The van der Waals surface area contributed by atoms with Crippen molar-refractivity contribution in [2.75, 3.05) is 0 Å². The summed E-state index contributed by atoms with van der Waals surface area (Å²) in [7, 11) is 0. The van der Waals surface area contributed by atoms with Crippen LogP contribution in [0.5, 0.6) is 0 Å². The van der Waals surface area contributed by atoms with Crippen LogP contribution in [0.4, 0.5) is 0 Å². The number of rotatable bonds is 5. The molecule has 7 aromatic carbocycles. The fourth-order valence-electron chi connectivity index (χ4n) is 7.94. The SMILES string of the molecule is Cc1cc(C)cc(-c2cccc(-c3ccc4c5cc(-c6cc(C)cc(C)c6)ccc5[n+]5c(-c6ccccc6)nc(-c6ccccc6)cc5c4c3)c2)c1. The first-order valence-electron chi connectivity index (χ1n) is 18.0. The number of pyridine rings is 1. The summed E-state index contributed by atoms with van der Waals surface area (Å²) in [4.78, 5) is 5.40. The van der Waals surface area contributed by atoms with E-state index in [2.05, 4.69) is 196 Å². The molecule has 0 aliphatic carbocycles. The van der Waals surface area contributed by atoms with E-state index in [-0.39, 0.29) is 0 Å². The Morgan fingerprint density at radius 3 is 1.42 bits per heavy atom. The molecule has 0 fully saturated rings. The molecule has 52 heavy (non-hydrogen) atoms. The lowest BCUT2D eigenvalue weighted by atomic mass is 9.93. The van der Waals surface area contributed by atoms with Crippen molar-refractivity contribution in [3.05, 3.63) is 186 Å². The molecule has 9 rings (SSSR count). The molecule has 0 unspecified atom stereocenters. The molecule has 0 N–H and O–H groups in total. The highest BCUT2D eigenvalue weighted by molar-refractivity contribution is 6.12. The standard InChI is InChI=1S/C50H39N2/c1-32-22-33(2)25-42(24-32)39-17-11-16-38(28-39)40-18-20-44-45-30-41(43-26-34(3)23-35(4)27-43)19-21-48(45)52-49(46(44)29-40)31-47(36-12-7-5-8-13-36)51-50(52)37-14-9-6-10-15-37/h5-31H,1-4H3/q+1. The van der Waals surface area contributed by atoms with Gasteiger partial charge in [-0.15, -0.1) is 0 Å². The fourth-order valence-corrected chi connectivity index (χ4v) is 7.94. The zero-order valence-electron chi connectivity index (χ0n) is 30.0. The van der Waals surface area contributed by atoms with Gasteiger partial charge in [0.15, 0.2) is 5.69 Å². The van der Waals surface area contributed by atoms with Crippen LogP contribution in [0, 0.1) is 27.7 Å². The highest BCUT2D eigenvalue weighted by atomic mass is 15.0. The molecule has 2 heteroatoms. The Kier molecular flexibility index (Phi) is 7.74. The quantitative estimate of drug-likeness (QED) is 0.132. The molecule has 0 spiro atoms. The van der Waals surface area contributed by atoms with Crippen LogP contribution in [-0.4, -0.2) is 4.98 Å². The second-order valence-corrected chi connectivity index (χ2v) is 14.2. The zero-order valence-corrected chi connectivity index (χ0v) is 30.0. The van der Waals surface area contributed by atoms with E-state index in [1.54, 1.807) is 0 Å². The number of aryl methyl sites for hydroxylation is 4. The molecule has 248 valence electrons. The predicted molar refractivity (Wildman–Crippen MR) is 219 cm³/mol. The summed E-state index contributed by atoms with van der Waals surface area (Å²) in [6.45, 7) is 8.69. The smallest absolute Gasteiger partial charge is 0.188 e. The van der Waals surface area contributed by atoms with Crippen molar-refractivity contribution in [3.8, 4) is 56.0 Å². The van der Waals surface area contributed by atoms with Gasteiger partial charge in [0, 0.05) is 22.4 Å². The van der Waals surface area contributed by atoms with Gasteiger partial charge in [0.2, 0.25) is 0 Å². The fraction of sp³-hybridized carbons (Fsp3) is 0.0800. The molecule has 2 aromatic heterocycles. The van der Waals surface area contributed by atoms with Gasteiger partial charge in [-0.25, -0.2) is 0 Å². The van der Waals surface area contributed by atoms with Gasteiger partial charge in [0.05, 0.1) is 5.56 Å². The van der Waals surface area contributed by atoms with E-state index in [1.807, 2.05) is 0 Å². The van der Waals surface area contributed by atoms with Crippen LogP contribution in [0.3, 0.4) is 0 Å². The number of hydrogen-bond donors (Lipinski definition) is 0. The summed E-state index contributed by atoms with van der Waals surface area (Å²) >= 11 is 0. The van der Waals surface area contributed by atoms with E-state index in [0.29, 0.717) is 0 Å². The Labute approximate surface area is 305 Å². The predicted octanol–water partition coefficient (Wildman–Crippen LogP) is 12.7. The Bertz CT molecular complexity index is 2780. The van der Waals surface area contributed by atoms with Gasteiger partial charge in [-0.05, 0) is 108 Å². The minimum Gasteiger partial charge on any atom is -0.188 e. The molecular formula is C50H39N2+. The number of nitrogens with zero attached hydrogens (tertiary/aromatic N) is 2. The molecule has 0 atom stereocenters. The van der Waals surface area contributed by atoms with Crippen LogP contribution in [0.25, 0.3) is 83.2 Å². The van der Waals surface area contributed by atoms with Gasteiger partial charge in [0.25, 0.3) is 0 Å². The minimum absolute atomic E-state index is 0.922. The van der Waals surface area contributed by atoms with Crippen LogP contribution >= 0.6 is 0 Å². The highest BCUT2D eigenvalue weighted by Crippen LogP contribution is 2.37. The maximum atomic E-state index is 5.40. The maximum Gasteiger partial charge on any atom is 0.336 e. The number of aromatic nitrogens is 2. The first-order valence-corrected chi connectivity index (χ1v) is 18.0. The van der Waals surface area contributed by atoms with Gasteiger partial charge >= 0.3 is 5.82 Å². The molecule has 0 amide bonds. The van der Waals surface area contributed by atoms with Crippen molar-refractivity contribution in [2.45, 2.75) is 27.7 Å². The third-order valence-corrected chi connectivity index (χ3v) is 10.2. The zero-order chi connectivity index (χ0) is 35.3. The van der Waals surface area contributed by atoms with Crippen molar-refractivity contribution in [1.82, 2.24) is 4.98 Å². The Hall–Kier alpha value is -6.38. The van der Waals surface area contributed by atoms with E-state index in [1.165, 1.54) is 71.8 Å². The topological polar surface area (TPSA) is 17.0 Å². The molecule has 2 heterocycles. The third-order valence-electron chi connectivity index (χ3n) is 10.2. The summed E-state index contributed by atoms with van der Waals surface area (Å²) in [5, 5.41) is 3.61. The van der Waals surface area contributed by atoms with E-state index in [0.717, 1.165) is 33.7 Å². The molecule has 0 bridgehead atoms. The van der Waals surface area contributed by atoms with Gasteiger partial charge in [0.1, 0.15) is 11.0 Å². The van der Waals surface area contributed by atoms with Gasteiger partial charge in [-0.2, -0.15) is 4.40 Å². The number of fused-ring (bicyclic) bond motifs is 6. The normalized spacial score (nSPS) is 11.5. The monoisotopic (exact) mass is 667 g/mol. The lowest BCUT2D eigenvalue weighted by Gasteiger charge is -2.14. The van der Waals surface area contributed by atoms with Crippen LogP contribution < -0.4 is 4.40 Å². The maximum absolute atomic E-state index is 5.40. The van der Waals surface area contributed by atoms with Crippen LogP contribution in [0.1, 0.15) is 22.3 Å². The number of benzene rings is 7. The average molecular weight is 668 g/mol. The van der Waals surface area contributed by atoms with Crippen LogP contribution in [0.2, 0.25) is 0 Å². The minimum atomic E-state index is 0.922. The van der Waals surface area contributed by atoms with E-state index in [4.69, 9.17) is 4.98 Å². The van der Waals surface area contributed by atoms with Crippen molar-refractivity contribution in [1.29, 1.82) is 0 Å². The summed E-state index contributed by atoms with van der Waals surface area (Å²) in [6.07, 6.45) is 0. The van der Waals surface area contributed by atoms with Crippen LogP contribution in [-0.2, 0) is 0 Å². The van der Waals surface area contributed by atoms with E-state index >= 15 is 0 Å². The van der Waals surface area contributed by atoms with E-state index in [9.17, 15) is 0 Å². The molecule has 0 aliphatic heterocycles. The largest absolute Gasteiger partial charge is 0.336 e. The van der Waals surface area contributed by atoms with Gasteiger partial charge < -0.3 is 0 Å². The summed E-state index contributed by atoms with van der Waals surface area (Å²) in [6, 6.07) is 59.9. The van der Waals surface area contributed by atoms with Gasteiger partial charge in [-0.3, -0.25) is 0 Å². The van der Waals surface area contributed by atoms with Gasteiger partial charge in [-0.1, -0.05) is 144 Å². The van der Waals surface area contributed by atoms with Crippen molar-refractivity contribution in [3.63, 3.8) is 0 Å². The number of hydrogen-bond acceptors (Lipinski definition) is 1. The lowest BCUT2D eigenvalue weighted by molar-refractivity contribution is -0.471. The van der Waals surface area contributed by atoms with Crippen molar-refractivity contribution in [2.24, 2.45) is 0 Å². The molecule has 0 saturated carbocycles. The summed E-state index contributed by atoms with van der Waals surface area (Å²) in [5.74, 6) is 0.922. The summed E-state index contributed by atoms with van der Waals surface area (Å²) < 4.78 is 2.38. The van der Waals surface area contributed by atoms with Crippen molar-refractivity contribution >= 4 is 27.2 Å². The van der Waals surface area contributed by atoms with E-state index < -0.39 is 0 Å². The Morgan fingerprint density at radius 1 is 0.327 bits per heavy atom. The molecule has 9 aromatic rings. The Morgan fingerprint density at radius 2 is 0.808 bits per heavy atom. The van der Waals surface area contributed by atoms with Crippen LogP contribution in [0.15, 0.2) is 164 Å². The summed E-state index contributed by atoms with van der Waals surface area (Å²) in [5.41, 5.74) is 17.8. The molecule has 0 saturated heterocycles. The lowest BCUT2D eigenvalue weighted by Crippen LogP contribution is -2.28. The first-order chi connectivity index (χ1) is 25.4. The molecule has 0 aliphatic rings. The third kappa shape index (κ3) is 5.73. The molecule has 2 nitrogen and oxygen atoms in total. The first kappa shape index (κ1) is 31.6. The molecule has 0 radical (unpaired) electrons. The highest BCUT2D eigenvalue weighted by Gasteiger charge is 2.24. The molecular weight excluding hydrogens is 629 g/mol. The average Bonchev–Trinajstić information content (AvgIpc) is 3.17.